The number of ether oxygens (including phenoxy) is 1. The Hall–Kier alpha value is -2.38. The van der Waals surface area contributed by atoms with Crippen LogP contribution in [0.5, 0.6) is 11.5 Å². The summed E-state index contributed by atoms with van der Waals surface area (Å²) in [5.41, 5.74) is 0.383. The first-order chi connectivity index (χ1) is 17.2. The van der Waals surface area contributed by atoms with Crippen LogP contribution in [0.15, 0.2) is 48.5 Å². The molecule has 1 saturated carbocycles. The van der Waals surface area contributed by atoms with Gasteiger partial charge < -0.3 is 14.7 Å². The van der Waals surface area contributed by atoms with Gasteiger partial charge in [-0.15, -0.1) is 0 Å². The van der Waals surface area contributed by atoms with Gasteiger partial charge >= 0.3 is 7.82 Å². The molecule has 1 aliphatic rings. The van der Waals surface area contributed by atoms with E-state index in [0.717, 1.165) is 16.9 Å². The maximum Gasteiger partial charge on any atom is 0.475 e. The Morgan fingerprint density at radius 1 is 1.03 bits per heavy atom. The van der Waals surface area contributed by atoms with Crippen molar-refractivity contribution in [3.63, 3.8) is 0 Å². The minimum absolute atomic E-state index is 0.0175. The maximum absolute atomic E-state index is 13.6. The van der Waals surface area contributed by atoms with Gasteiger partial charge in [-0.2, -0.15) is 0 Å². The number of hydrogen-bond donors (Lipinski definition) is 1. The fourth-order valence-corrected chi connectivity index (χ4v) is 5.84. The summed E-state index contributed by atoms with van der Waals surface area (Å²) in [4.78, 5) is 15.3. The zero-order chi connectivity index (χ0) is 27.4. The van der Waals surface area contributed by atoms with Crippen molar-refractivity contribution >= 4 is 13.7 Å². The van der Waals surface area contributed by atoms with Crippen molar-refractivity contribution in [2.45, 2.75) is 71.6 Å². The molecule has 0 saturated heterocycles. The van der Waals surface area contributed by atoms with Gasteiger partial charge in [-0.05, 0) is 89.3 Å². The van der Waals surface area contributed by atoms with Gasteiger partial charge in [0.1, 0.15) is 11.5 Å². The number of nitrogens with zero attached hydrogens (tertiary/aromatic N) is 1. The Morgan fingerprint density at radius 2 is 1.65 bits per heavy atom. The van der Waals surface area contributed by atoms with Gasteiger partial charge in [-0.1, -0.05) is 24.3 Å². The van der Waals surface area contributed by atoms with E-state index in [1.807, 2.05) is 30.3 Å². The lowest BCUT2D eigenvalue weighted by Crippen LogP contribution is -2.35. The molecule has 37 heavy (non-hydrogen) atoms. The molecule has 1 amide bonds. The Morgan fingerprint density at radius 3 is 2.19 bits per heavy atom. The lowest BCUT2D eigenvalue weighted by Gasteiger charge is -2.31. The largest absolute Gasteiger partial charge is 0.508 e. The molecule has 0 bridgehead atoms. The summed E-state index contributed by atoms with van der Waals surface area (Å²) in [7, 11) is -2.29. The molecule has 2 aromatic carbocycles. The average Bonchev–Trinajstić information content (AvgIpc) is 3.57. The molecule has 8 nitrogen and oxygen atoms in total. The number of amides is 1. The number of phosphoric ester groups is 1. The molecular formula is C28H40NO7P. The van der Waals surface area contributed by atoms with Gasteiger partial charge in [0, 0.05) is 19.0 Å². The van der Waals surface area contributed by atoms with Crippen molar-refractivity contribution in [3.05, 3.63) is 59.7 Å². The predicted molar refractivity (Wildman–Crippen MR) is 143 cm³/mol. The van der Waals surface area contributed by atoms with Crippen LogP contribution in [-0.2, 0) is 29.5 Å². The molecule has 1 aliphatic carbocycles. The van der Waals surface area contributed by atoms with Gasteiger partial charge in [0.15, 0.2) is 0 Å². The van der Waals surface area contributed by atoms with Crippen LogP contribution in [0.1, 0.15) is 65.0 Å². The van der Waals surface area contributed by atoms with E-state index >= 15 is 0 Å². The van der Waals surface area contributed by atoms with Gasteiger partial charge in [0.25, 0.3) is 0 Å². The summed E-state index contributed by atoms with van der Waals surface area (Å²) in [6.45, 7) is 11.2. The average molecular weight is 534 g/mol. The minimum atomic E-state index is -3.90. The van der Waals surface area contributed by atoms with E-state index in [1.165, 1.54) is 0 Å². The zero-order valence-corrected chi connectivity index (χ0v) is 23.8. The highest BCUT2D eigenvalue weighted by Crippen LogP contribution is 2.55. The second-order valence-corrected chi connectivity index (χ2v) is 12.9. The minimum Gasteiger partial charge on any atom is -0.508 e. The molecule has 2 atom stereocenters. The Bertz CT molecular complexity index is 1080. The number of carbonyl (C=O) groups is 1. The SMILES string of the molecule is COc1ccc(CN(CCOP(=O)(OC(C)(C)C)OC(C)(C)C)C(=O)[C@@H]2C[C@H]2c2cccc(O)c2)cc1. The fraction of sp³-hybridized carbons (Fsp3) is 0.536. The lowest BCUT2D eigenvalue weighted by atomic mass is 10.1. The van der Waals surface area contributed by atoms with Gasteiger partial charge in [-0.25, -0.2) is 4.57 Å². The molecule has 204 valence electrons. The van der Waals surface area contributed by atoms with Gasteiger partial charge in [0.05, 0.1) is 24.9 Å². The number of benzene rings is 2. The first-order valence-electron chi connectivity index (χ1n) is 12.5. The number of phenolic OH excluding ortho intramolecular Hbond substituents is 1. The molecule has 0 unspecified atom stereocenters. The highest BCUT2D eigenvalue weighted by Gasteiger charge is 2.46. The third-order valence-corrected chi connectivity index (χ3v) is 7.67. The topological polar surface area (TPSA) is 94.5 Å². The van der Waals surface area contributed by atoms with Crippen LogP contribution < -0.4 is 4.74 Å². The van der Waals surface area contributed by atoms with Crippen molar-refractivity contribution in [2.75, 3.05) is 20.3 Å². The Kier molecular flexibility index (Phi) is 9.12. The summed E-state index contributed by atoms with van der Waals surface area (Å²) < 4.78 is 35.8. The van der Waals surface area contributed by atoms with Crippen LogP contribution in [0.4, 0.5) is 0 Å². The van der Waals surface area contributed by atoms with Crippen LogP contribution in [-0.4, -0.2) is 47.4 Å². The van der Waals surface area contributed by atoms with Crippen molar-refractivity contribution in [2.24, 2.45) is 5.92 Å². The first-order valence-corrected chi connectivity index (χ1v) is 14.0. The summed E-state index contributed by atoms with van der Waals surface area (Å²) in [6, 6.07) is 14.6. The second-order valence-electron chi connectivity index (χ2n) is 11.3. The van der Waals surface area contributed by atoms with Crippen molar-refractivity contribution < 1.29 is 32.8 Å². The molecule has 0 aromatic heterocycles. The van der Waals surface area contributed by atoms with Gasteiger partial charge in [0.2, 0.25) is 5.91 Å². The second kappa shape index (κ2) is 11.6. The zero-order valence-electron chi connectivity index (χ0n) is 22.9. The van der Waals surface area contributed by atoms with E-state index < -0.39 is 19.0 Å². The number of methoxy groups -OCH3 is 1. The van der Waals surface area contributed by atoms with Gasteiger partial charge in [-0.3, -0.25) is 18.4 Å². The van der Waals surface area contributed by atoms with Crippen molar-refractivity contribution in [1.29, 1.82) is 0 Å². The summed E-state index contributed by atoms with van der Waals surface area (Å²) in [5.74, 6) is 0.765. The third kappa shape index (κ3) is 9.15. The fourth-order valence-electron chi connectivity index (χ4n) is 4.05. The third-order valence-electron chi connectivity index (χ3n) is 5.63. The Balaban J connectivity index is 1.74. The highest BCUT2D eigenvalue weighted by atomic mass is 31.2. The van der Waals surface area contributed by atoms with Crippen LogP contribution in [0.25, 0.3) is 0 Å². The van der Waals surface area contributed by atoms with E-state index in [-0.39, 0.29) is 36.6 Å². The molecule has 0 heterocycles. The smallest absolute Gasteiger partial charge is 0.475 e. The molecule has 0 spiro atoms. The van der Waals surface area contributed by atoms with Crippen LogP contribution in [0, 0.1) is 5.92 Å². The van der Waals surface area contributed by atoms with Crippen LogP contribution >= 0.6 is 7.82 Å². The highest BCUT2D eigenvalue weighted by molar-refractivity contribution is 7.48. The molecular weight excluding hydrogens is 493 g/mol. The first kappa shape index (κ1) is 29.2. The number of phenols is 1. The van der Waals surface area contributed by atoms with Crippen molar-refractivity contribution in [1.82, 2.24) is 4.90 Å². The van der Waals surface area contributed by atoms with E-state index in [2.05, 4.69) is 0 Å². The number of aromatic hydroxyl groups is 1. The van der Waals surface area contributed by atoms with Crippen LogP contribution in [0.3, 0.4) is 0 Å². The van der Waals surface area contributed by atoms with E-state index in [4.69, 9.17) is 18.3 Å². The lowest BCUT2D eigenvalue weighted by molar-refractivity contribution is -0.134. The van der Waals surface area contributed by atoms with E-state index in [0.29, 0.717) is 13.0 Å². The van der Waals surface area contributed by atoms with E-state index in [9.17, 15) is 14.5 Å². The van der Waals surface area contributed by atoms with E-state index in [1.54, 1.807) is 71.8 Å². The predicted octanol–water partition coefficient (Wildman–Crippen LogP) is 6.29. The molecule has 9 heteroatoms. The summed E-state index contributed by atoms with van der Waals surface area (Å²) in [5, 5.41) is 9.84. The number of carbonyl (C=O) groups excluding carboxylic acids is 1. The molecule has 1 fully saturated rings. The molecule has 0 radical (unpaired) electrons. The Labute approximate surface area is 220 Å². The number of hydrogen-bond acceptors (Lipinski definition) is 7. The number of phosphoric acid groups is 1. The quantitative estimate of drug-likeness (QED) is 0.339. The van der Waals surface area contributed by atoms with Crippen molar-refractivity contribution in [3.8, 4) is 11.5 Å². The maximum atomic E-state index is 13.6. The standard InChI is InChI=1S/C28H40NO7P/c1-27(2,3)35-37(32,36-28(4,5)6)34-16-15-29(19-20-11-13-23(33-7)14-12-20)26(31)25-18-24(25)21-9-8-10-22(30)17-21/h8-14,17,24-25,30H,15-16,18-19H2,1-7H3/t24-,25+/m0/s1. The normalized spacial score (nSPS) is 17.9. The van der Waals surface area contributed by atoms with Crippen LogP contribution in [0.2, 0.25) is 0 Å². The molecule has 0 aliphatic heterocycles. The molecule has 1 N–H and O–H groups in total. The monoisotopic (exact) mass is 533 g/mol. The number of rotatable bonds is 11. The molecule has 3 rings (SSSR count). The summed E-state index contributed by atoms with van der Waals surface area (Å²) in [6.07, 6.45) is 0.709. The molecule has 2 aromatic rings. The summed E-state index contributed by atoms with van der Waals surface area (Å²) >= 11 is 0.